The summed E-state index contributed by atoms with van der Waals surface area (Å²) in [5.74, 6) is -1.52. The summed E-state index contributed by atoms with van der Waals surface area (Å²) in [5, 5.41) is 26.6. The Balaban J connectivity index is 2.21. The van der Waals surface area contributed by atoms with Crippen LogP contribution in [0.1, 0.15) is 26.4 Å². The lowest BCUT2D eigenvalue weighted by Crippen LogP contribution is -2.13. The summed E-state index contributed by atoms with van der Waals surface area (Å²) in [6, 6.07) is 5.78. The number of aromatic nitrogens is 2. The van der Waals surface area contributed by atoms with E-state index in [1.807, 2.05) is 0 Å². The minimum absolute atomic E-state index is 0.0147. The maximum absolute atomic E-state index is 11.9. The van der Waals surface area contributed by atoms with Crippen LogP contribution in [0.5, 0.6) is 5.75 Å². The van der Waals surface area contributed by atoms with Gasteiger partial charge in [-0.3, -0.25) is 9.89 Å². The van der Waals surface area contributed by atoms with E-state index in [-0.39, 0.29) is 17.3 Å². The van der Waals surface area contributed by atoms with Gasteiger partial charge in [-0.2, -0.15) is 5.10 Å². The molecule has 2 aromatic rings. The van der Waals surface area contributed by atoms with E-state index in [0.29, 0.717) is 11.1 Å². The van der Waals surface area contributed by atoms with E-state index < -0.39 is 11.9 Å². The number of carboxylic acids is 1. The zero-order chi connectivity index (χ0) is 14.0. The molecule has 0 unspecified atom stereocenters. The minimum atomic E-state index is -1.17. The molecule has 0 radical (unpaired) electrons. The Kier molecular flexibility index (Phi) is 3.19. The number of hydrogen-bond donors (Lipinski definition) is 4. The van der Waals surface area contributed by atoms with Gasteiger partial charge in [-0.15, -0.1) is 0 Å². The molecular formula is C12H11N3O4. The van der Waals surface area contributed by atoms with E-state index in [2.05, 4.69) is 15.5 Å². The third kappa shape index (κ3) is 2.54. The van der Waals surface area contributed by atoms with E-state index in [1.54, 1.807) is 19.1 Å². The van der Waals surface area contributed by atoms with Crippen LogP contribution in [-0.2, 0) is 0 Å². The third-order valence-corrected chi connectivity index (χ3v) is 2.60. The Morgan fingerprint density at radius 1 is 1.37 bits per heavy atom. The lowest BCUT2D eigenvalue weighted by Gasteiger charge is -2.06. The van der Waals surface area contributed by atoms with Crippen molar-refractivity contribution in [2.45, 2.75) is 6.92 Å². The first-order chi connectivity index (χ1) is 8.99. The molecule has 1 amide bonds. The van der Waals surface area contributed by atoms with E-state index in [9.17, 15) is 14.7 Å². The SMILES string of the molecule is Cc1c(O)cccc1C(=O)Nc1cc(C(=O)O)[nH]n1. The van der Waals surface area contributed by atoms with Crippen LogP contribution in [0.25, 0.3) is 0 Å². The molecule has 0 atom stereocenters. The molecule has 0 saturated heterocycles. The highest BCUT2D eigenvalue weighted by Gasteiger charge is 2.14. The number of carbonyl (C=O) groups excluding carboxylic acids is 1. The van der Waals surface area contributed by atoms with Crippen LogP contribution in [-0.4, -0.2) is 32.3 Å². The molecule has 2 rings (SSSR count). The van der Waals surface area contributed by atoms with Gasteiger partial charge in [0.05, 0.1) is 0 Å². The molecule has 7 nitrogen and oxygen atoms in total. The highest BCUT2D eigenvalue weighted by molar-refractivity contribution is 6.05. The van der Waals surface area contributed by atoms with Crippen LogP contribution < -0.4 is 5.32 Å². The molecule has 0 saturated carbocycles. The zero-order valence-electron chi connectivity index (χ0n) is 9.97. The predicted octanol–water partition coefficient (Wildman–Crippen LogP) is 1.37. The Morgan fingerprint density at radius 2 is 2.11 bits per heavy atom. The molecule has 4 N–H and O–H groups in total. The predicted molar refractivity (Wildman–Crippen MR) is 66.3 cm³/mol. The average molecular weight is 261 g/mol. The second-order valence-corrected chi connectivity index (χ2v) is 3.88. The summed E-state index contributed by atoms with van der Waals surface area (Å²) in [5.41, 5.74) is 0.608. The molecule has 1 heterocycles. The first-order valence-electron chi connectivity index (χ1n) is 5.37. The monoisotopic (exact) mass is 261 g/mol. The molecule has 19 heavy (non-hydrogen) atoms. The number of anilines is 1. The number of amides is 1. The van der Waals surface area contributed by atoms with E-state index >= 15 is 0 Å². The Bertz CT molecular complexity index is 648. The number of nitrogens with one attached hydrogen (secondary N) is 2. The molecular weight excluding hydrogens is 250 g/mol. The summed E-state index contributed by atoms with van der Waals surface area (Å²) in [6.07, 6.45) is 0. The van der Waals surface area contributed by atoms with Crippen molar-refractivity contribution in [3.8, 4) is 5.75 Å². The topological polar surface area (TPSA) is 115 Å². The second-order valence-electron chi connectivity index (χ2n) is 3.88. The van der Waals surface area contributed by atoms with Crippen molar-refractivity contribution in [2.75, 3.05) is 5.32 Å². The van der Waals surface area contributed by atoms with E-state index in [1.165, 1.54) is 12.1 Å². The Morgan fingerprint density at radius 3 is 2.74 bits per heavy atom. The quantitative estimate of drug-likeness (QED) is 0.666. The van der Waals surface area contributed by atoms with Crippen LogP contribution in [0.15, 0.2) is 24.3 Å². The maximum atomic E-state index is 11.9. The zero-order valence-corrected chi connectivity index (χ0v) is 9.97. The van der Waals surface area contributed by atoms with Gasteiger partial charge in [-0.25, -0.2) is 4.79 Å². The smallest absolute Gasteiger partial charge is 0.353 e. The highest BCUT2D eigenvalue weighted by Crippen LogP contribution is 2.20. The highest BCUT2D eigenvalue weighted by atomic mass is 16.4. The Labute approximate surface area is 107 Å². The van der Waals surface area contributed by atoms with Gasteiger partial charge in [0.25, 0.3) is 5.91 Å². The van der Waals surface area contributed by atoms with Crippen molar-refractivity contribution in [2.24, 2.45) is 0 Å². The number of carboxylic acid groups (broad SMARTS) is 1. The average Bonchev–Trinajstić information content (AvgIpc) is 2.81. The lowest BCUT2D eigenvalue weighted by molar-refractivity contribution is 0.0690. The first-order valence-corrected chi connectivity index (χ1v) is 5.37. The number of aromatic amines is 1. The third-order valence-electron chi connectivity index (χ3n) is 2.60. The molecule has 0 fully saturated rings. The van der Waals surface area contributed by atoms with Gasteiger partial charge in [0.2, 0.25) is 0 Å². The van der Waals surface area contributed by atoms with Gasteiger partial charge >= 0.3 is 5.97 Å². The van der Waals surface area contributed by atoms with Crippen LogP contribution in [0.4, 0.5) is 5.82 Å². The molecule has 1 aromatic heterocycles. The number of rotatable bonds is 3. The van der Waals surface area contributed by atoms with Crippen LogP contribution >= 0.6 is 0 Å². The van der Waals surface area contributed by atoms with Crippen molar-refractivity contribution in [1.29, 1.82) is 0 Å². The van der Waals surface area contributed by atoms with Crippen LogP contribution in [0, 0.1) is 6.92 Å². The Hall–Kier alpha value is -2.83. The number of aromatic carboxylic acids is 1. The van der Waals surface area contributed by atoms with Gasteiger partial charge in [0.15, 0.2) is 5.82 Å². The lowest BCUT2D eigenvalue weighted by atomic mass is 10.1. The van der Waals surface area contributed by atoms with Crippen molar-refractivity contribution in [3.63, 3.8) is 0 Å². The number of phenolic OH excluding ortho intramolecular Hbond substituents is 1. The molecule has 0 spiro atoms. The summed E-state index contributed by atoms with van der Waals surface area (Å²) in [7, 11) is 0. The standard InChI is InChI=1S/C12H11N3O4/c1-6-7(3-2-4-9(6)16)11(17)13-10-5-8(12(18)19)14-15-10/h2-5,16H,1H3,(H,18,19)(H2,13,14,15,17). The van der Waals surface area contributed by atoms with Crippen LogP contribution in [0.3, 0.4) is 0 Å². The number of benzene rings is 1. The number of nitrogens with zero attached hydrogens (tertiary/aromatic N) is 1. The van der Waals surface area contributed by atoms with Crippen molar-refractivity contribution < 1.29 is 19.8 Å². The molecule has 7 heteroatoms. The number of phenols is 1. The number of H-pyrrole nitrogens is 1. The van der Waals surface area contributed by atoms with Crippen LogP contribution in [0.2, 0.25) is 0 Å². The van der Waals surface area contributed by atoms with Crippen molar-refractivity contribution >= 4 is 17.7 Å². The molecule has 0 aliphatic rings. The molecule has 1 aromatic carbocycles. The van der Waals surface area contributed by atoms with Gasteiger partial charge in [0, 0.05) is 17.2 Å². The molecule has 98 valence electrons. The normalized spacial score (nSPS) is 10.2. The summed E-state index contributed by atoms with van der Waals surface area (Å²) in [6.45, 7) is 1.61. The number of carbonyl (C=O) groups is 2. The number of aromatic hydroxyl groups is 1. The largest absolute Gasteiger partial charge is 0.508 e. The van der Waals surface area contributed by atoms with Gasteiger partial charge in [0.1, 0.15) is 11.4 Å². The fourth-order valence-corrected chi connectivity index (χ4v) is 1.55. The van der Waals surface area contributed by atoms with E-state index in [0.717, 1.165) is 0 Å². The maximum Gasteiger partial charge on any atom is 0.353 e. The number of hydrogen-bond acceptors (Lipinski definition) is 4. The molecule has 0 aliphatic carbocycles. The fraction of sp³-hybridized carbons (Fsp3) is 0.0833. The van der Waals surface area contributed by atoms with Gasteiger partial charge in [-0.1, -0.05) is 6.07 Å². The van der Waals surface area contributed by atoms with Crippen molar-refractivity contribution in [1.82, 2.24) is 10.2 Å². The molecule has 0 aliphatic heterocycles. The first kappa shape index (κ1) is 12.6. The minimum Gasteiger partial charge on any atom is -0.508 e. The van der Waals surface area contributed by atoms with Crippen molar-refractivity contribution in [3.05, 3.63) is 41.1 Å². The summed E-state index contributed by atoms with van der Waals surface area (Å²) in [4.78, 5) is 22.6. The van der Waals surface area contributed by atoms with E-state index in [4.69, 9.17) is 5.11 Å². The molecule has 0 bridgehead atoms. The van der Waals surface area contributed by atoms with Gasteiger partial charge in [-0.05, 0) is 19.1 Å². The fourth-order valence-electron chi connectivity index (χ4n) is 1.55. The van der Waals surface area contributed by atoms with Gasteiger partial charge < -0.3 is 15.5 Å². The summed E-state index contributed by atoms with van der Waals surface area (Å²) >= 11 is 0. The summed E-state index contributed by atoms with van der Waals surface area (Å²) < 4.78 is 0. The second kappa shape index (κ2) is 4.81.